The van der Waals surface area contributed by atoms with Crippen molar-refractivity contribution in [1.82, 2.24) is 5.32 Å². The lowest BCUT2D eigenvalue weighted by Crippen LogP contribution is -2.35. The minimum Gasteiger partial charge on any atom is -0.481 e. The summed E-state index contributed by atoms with van der Waals surface area (Å²) in [7, 11) is 0. The molecule has 24 heavy (non-hydrogen) atoms. The number of benzene rings is 1. The van der Waals surface area contributed by atoms with Gasteiger partial charge in [-0.1, -0.05) is 18.2 Å². The van der Waals surface area contributed by atoms with Crippen molar-refractivity contribution in [2.45, 2.75) is 25.3 Å². The molecular formula is C16H20N4O4. The van der Waals surface area contributed by atoms with Crippen molar-refractivity contribution in [3.8, 4) is 0 Å². The van der Waals surface area contributed by atoms with Gasteiger partial charge in [-0.15, -0.1) is 6.58 Å². The van der Waals surface area contributed by atoms with E-state index in [9.17, 15) is 14.4 Å². The van der Waals surface area contributed by atoms with Crippen molar-refractivity contribution in [3.63, 3.8) is 0 Å². The molecule has 1 unspecified atom stereocenters. The molecule has 0 spiro atoms. The Balaban J connectivity index is 2.40. The van der Waals surface area contributed by atoms with E-state index in [1.807, 2.05) is 0 Å². The minimum absolute atomic E-state index is 0.0191. The fourth-order valence-corrected chi connectivity index (χ4v) is 1.85. The van der Waals surface area contributed by atoms with Crippen molar-refractivity contribution in [2.75, 3.05) is 5.32 Å². The summed E-state index contributed by atoms with van der Waals surface area (Å²) < 4.78 is 0. The van der Waals surface area contributed by atoms with Gasteiger partial charge in [-0.2, -0.15) is 5.10 Å². The highest BCUT2D eigenvalue weighted by Crippen LogP contribution is 2.09. The number of hydrogen-bond donors (Lipinski definition) is 4. The molecule has 1 aromatic carbocycles. The summed E-state index contributed by atoms with van der Waals surface area (Å²) in [5.74, 6) is 3.27. The summed E-state index contributed by atoms with van der Waals surface area (Å²) in [5, 5.41) is 17.2. The molecule has 2 amide bonds. The summed E-state index contributed by atoms with van der Waals surface area (Å²) in [6, 6.07) is 6.19. The number of carboxylic acid groups (broad SMARTS) is 1. The molecule has 1 rings (SSSR count). The zero-order valence-corrected chi connectivity index (χ0v) is 13.1. The lowest BCUT2D eigenvalue weighted by atomic mass is 10.2. The van der Waals surface area contributed by atoms with E-state index >= 15 is 0 Å². The van der Waals surface area contributed by atoms with Gasteiger partial charge < -0.3 is 21.6 Å². The molecule has 1 atom stereocenters. The smallest absolute Gasteiger partial charge is 0.305 e. The van der Waals surface area contributed by atoms with Crippen LogP contribution < -0.4 is 16.5 Å². The van der Waals surface area contributed by atoms with E-state index in [1.54, 1.807) is 24.3 Å². The molecular weight excluding hydrogens is 312 g/mol. The first-order valence-corrected chi connectivity index (χ1v) is 7.21. The summed E-state index contributed by atoms with van der Waals surface area (Å²) in [6.07, 6.45) is 2.50. The predicted molar refractivity (Wildman–Crippen MR) is 90.5 cm³/mol. The van der Waals surface area contributed by atoms with Gasteiger partial charge in [-0.25, -0.2) is 0 Å². The number of aliphatic carboxylic acids is 1. The van der Waals surface area contributed by atoms with Crippen LogP contribution in [-0.2, 0) is 14.4 Å². The molecule has 5 N–H and O–H groups in total. The summed E-state index contributed by atoms with van der Waals surface area (Å²) >= 11 is 0. The first-order valence-electron chi connectivity index (χ1n) is 7.21. The van der Waals surface area contributed by atoms with E-state index in [-0.39, 0.29) is 25.2 Å². The number of amides is 2. The van der Waals surface area contributed by atoms with Crippen LogP contribution in [0.15, 0.2) is 42.0 Å². The number of carbonyl (C=O) groups is 3. The van der Waals surface area contributed by atoms with Gasteiger partial charge >= 0.3 is 5.97 Å². The minimum atomic E-state index is -1.04. The molecule has 0 saturated carbocycles. The highest BCUT2D eigenvalue weighted by atomic mass is 16.4. The van der Waals surface area contributed by atoms with Crippen molar-refractivity contribution in [2.24, 2.45) is 10.9 Å². The molecule has 0 bridgehead atoms. The Hall–Kier alpha value is -3.16. The maximum Gasteiger partial charge on any atom is 0.305 e. The second-order valence-electron chi connectivity index (χ2n) is 4.96. The number of nitrogens with two attached hydrogens (primary N) is 1. The third-order valence-electron chi connectivity index (χ3n) is 3.02. The molecule has 0 saturated heterocycles. The van der Waals surface area contributed by atoms with E-state index < -0.39 is 17.9 Å². The third-order valence-corrected chi connectivity index (χ3v) is 3.02. The first kappa shape index (κ1) is 18.9. The summed E-state index contributed by atoms with van der Waals surface area (Å²) in [5.41, 5.74) is 1.38. The largest absolute Gasteiger partial charge is 0.481 e. The third kappa shape index (κ3) is 7.21. The molecule has 0 heterocycles. The molecule has 128 valence electrons. The second kappa shape index (κ2) is 9.78. The van der Waals surface area contributed by atoms with E-state index in [0.717, 1.165) is 5.56 Å². The zero-order valence-electron chi connectivity index (χ0n) is 13.1. The number of rotatable bonds is 9. The highest BCUT2D eigenvalue weighted by molar-refractivity contribution is 5.93. The molecule has 8 heteroatoms. The molecule has 0 fully saturated rings. The van der Waals surface area contributed by atoms with E-state index in [4.69, 9.17) is 10.9 Å². The molecule has 1 aromatic rings. The Kier molecular flexibility index (Phi) is 7.69. The van der Waals surface area contributed by atoms with Gasteiger partial charge in [-0.3, -0.25) is 14.4 Å². The molecule has 0 aliphatic heterocycles. The van der Waals surface area contributed by atoms with Crippen LogP contribution in [0.25, 0.3) is 0 Å². The van der Waals surface area contributed by atoms with Gasteiger partial charge in [-0.05, 0) is 17.7 Å². The van der Waals surface area contributed by atoms with Crippen LogP contribution in [-0.4, -0.2) is 35.1 Å². The number of carbonyl (C=O) groups excluding carboxylic acids is 2. The zero-order chi connectivity index (χ0) is 17.9. The Labute approximate surface area is 139 Å². The van der Waals surface area contributed by atoms with Crippen LogP contribution in [0.1, 0.15) is 24.8 Å². The molecule has 8 nitrogen and oxygen atoms in total. The second-order valence-corrected chi connectivity index (χ2v) is 4.96. The lowest BCUT2D eigenvalue weighted by Gasteiger charge is -2.12. The number of anilines is 1. The molecule has 0 aliphatic rings. The van der Waals surface area contributed by atoms with Crippen molar-refractivity contribution < 1.29 is 19.5 Å². The monoisotopic (exact) mass is 332 g/mol. The first-order chi connectivity index (χ1) is 11.4. The maximum atomic E-state index is 11.8. The molecule has 0 aromatic heterocycles. The van der Waals surface area contributed by atoms with Crippen LogP contribution in [0.3, 0.4) is 0 Å². The van der Waals surface area contributed by atoms with E-state index in [0.29, 0.717) is 5.69 Å². The summed E-state index contributed by atoms with van der Waals surface area (Å²) in [6.45, 7) is 3.46. The Morgan fingerprint density at radius 1 is 1.21 bits per heavy atom. The number of nitrogens with one attached hydrogen (secondary N) is 2. The quantitative estimate of drug-likeness (QED) is 0.230. The molecule has 0 radical (unpaired) electrons. The van der Waals surface area contributed by atoms with E-state index in [2.05, 4.69) is 22.3 Å². The van der Waals surface area contributed by atoms with Crippen molar-refractivity contribution >= 4 is 29.7 Å². The predicted octanol–water partition coefficient (Wildman–Crippen LogP) is 0.843. The topological polar surface area (TPSA) is 134 Å². The Morgan fingerprint density at radius 2 is 1.83 bits per heavy atom. The standard InChI is InChI=1S/C16H20N4O4/c1-2-12(9-16(23)24)19-14(21)7-8-15(22)20-13-5-3-11(4-6-13)10-18-17/h2-6,10,12H,1,7-9,17H2,(H,19,21)(H,20,22)(H,23,24). The van der Waals surface area contributed by atoms with E-state index in [1.165, 1.54) is 12.3 Å². The Morgan fingerprint density at radius 3 is 2.38 bits per heavy atom. The number of hydrazone groups is 1. The fraction of sp³-hybridized carbons (Fsp3) is 0.250. The van der Waals surface area contributed by atoms with Crippen LogP contribution in [0.5, 0.6) is 0 Å². The fourth-order valence-electron chi connectivity index (χ4n) is 1.85. The maximum absolute atomic E-state index is 11.8. The van der Waals surface area contributed by atoms with Gasteiger partial charge in [0.15, 0.2) is 0 Å². The van der Waals surface area contributed by atoms with Gasteiger partial charge in [0.25, 0.3) is 0 Å². The van der Waals surface area contributed by atoms with Crippen LogP contribution in [0.4, 0.5) is 5.69 Å². The molecule has 0 aliphatic carbocycles. The van der Waals surface area contributed by atoms with Crippen LogP contribution in [0, 0.1) is 0 Å². The van der Waals surface area contributed by atoms with Crippen LogP contribution >= 0.6 is 0 Å². The lowest BCUT2D eigenvalue weighted by molar-refractivity contribution is -0.137. The summed E-state index contributed by atoms with van der Waals surface area (Å²) in [4.78, 5) is 34.1. The van der Waals surface area contributed by atoms with Gasteiger partial charge in [0.2, 0.25) is 11.8 Å². The normalized spacial score (nSPS) is 11.7. The highest BCUT2D eigenvalue weighted by Gasteiger charge is 2.13. The number of carboxylic acids is 1. The number of nitrogens with zero attached hydrogens (tertiary/aromatic N) is 1. The Bertz CT molecular complexity index is 625. The van der Waals surface area contributed by atoms with Crippen molar-refractivity contribution in [3.05, 3.63) is 42.5 Å². The average Bonchev–Trinajstić information content (AvgIpc) is 2.54. The van der Waals surface area contributed by atoms with Gasteiger partial charge in [0.1, 0.15) is 0 Å². The number of hydrogen-bond acceptors (Lipinski definition) is 5. The van der Waals surface area contributed by atoms with Gasteiger partial charge in [0, 0.05) is 18.5 Å². The van der Waals surface area contributed by atoms with Gasteiger partial charge in [0.05, 0.1) is 18.7 Å². The van der Waals surface area contributed by atoms with Crippen molar-refractivity contribution in [1.29, 1.82) is 0 Å². The van der Waals surface area contributed by atoms with Crippen LogP contribution in [0.2, 0.25) is 0 Å². The SMILES string of the molecule is C=CC(CC(=O)O)NC(=O)CCC(=O)Nc1ccc(C=NN)cc1. The average molecular weight is 332 g/mol.